The Bertz CT molecular complexity index is 1140. The summed E-state index contributed by atoms with van der Waals surface area (Å²) in [6.45, 7) is 6.08. The van der Waals surface area contributed by atoms with Gasteiger partial charge < -0.3 is 9.84 Å². The Labute approximate surface area is 181 Å². The highest BCUT2D eigenvalue weighted by atomic mass is 32.2. The number of nitrogens with two attached hydrogens (primary N) is 1. The van der Waals surface area contributed by atoms with E-state index in [2.05, 4.69) is 29.3 Å². The number of carbonyl (C=O) groups is 1. The minimum absolute atomic E-state index is 0.0285. The van der Waals surface area contributed by atoms with Crippen molar-refractivity contribution >= 4 is 15.9 Å². The van der Waals surface area contributed by atoms with Crippen molar-refractivity contribution in [2.45, 2.75) is 50.5 Å². The molecule has 9 heteroatoms. The van der Waals surface area contributed by atoms with Crippen LogP contribution in [-0.4, -0.2) is 24.5 Å². The van der Waals surface area contributed by atoms with Gasteiger partial charge in [0.1, 0.15) is 0 Å². The molecule has 1 atom stereocenters. The lowest BCUT2D eigenvalue weighted by molar-refractivity contribution is -0.121. The maximum Gasteiger partial charge on any atom is 0.238 e. The molecule has 3 N–H and O–H groups in total. The molecule has 2 aromatic carbocycles. The van der Waals surface area contributed by atoms with Crippen molar-refractivity contribution in [2.24, 2.45) is 5.14 Å². The van der Waals surface area contributed by atoms with Gasteiger partial charge in [-0.05, 0) is 36.1 Å². The Balaban J connectivity index is 1.54. The first-order chi connectivity index (χ1) is 14.6. The van der Waals surface area contributed by atoms with Crippen LogP contribution < -0.4 is 10.5 Å². The number of rotatable bonds is 8. The number of nitrogens with one attached hydrogen (secondary N) is 1. The summed E-state index contributed by atoms with van der Waals surface area (Å²) in [6.07, 6.45) is 0.507. The number of sulfonamides is 1. The van der Waals surface area contributed by atoms with E-state index in [1.807, 2.05) is 31.2 Å². The monoisotopic (exact) mass is 442 g/mol. The van der Waals surface area contributed by atoms with E-state index in [1.54, 1.807) is 12.1 Å². The fraction of sp³-hybridized carbons (Fsp3) is 0.318. The van der Waals surface area contributed by atoms with Crippen LogP contribution in [0.3, 0.4) is 0 Å². The second kappa shape index (κ2) is 9.40. The molecule has 0 saturated heterocycles. The molecule has 1 aromatic heterocycles. The first-order valence-electron chi connectivity index (χ1n) is 9.98. The van der Waals surface area contributed by atoms with Crippen LogP contribution in [0.5, 0.6) is 0 Å². The summed E-state index contributed by atoms with van der Waals surface area (Å²) < 4.78 is 27.9. The molecule has 3 aromatic rings. The Morgan fingerprint density at radius 3 is 2.23 bits per heavy atom. The third-order valence-electron chi connectivity index (χ3n) is 4.96. The average molecular weight is 443 g/mol. The topological polar surface area (TPSA) is 128 Å². The zero-order valence-electron chi connectivity index (χ0n) is 17.7. The minimum atomic E-state index is -3.74. The van der Waals surface area contributed by atoms with Crippen LogP contribution in [0.1, 0.15) is 56.2 Å². The molecule has 1 amide bonds. The lowest BCUT2D eigenvalue weighted by Crippen LogP contribution is -2.26. The van der Waals surface area contributed by atoms with Crippen molar-refractivity contribution in [1.82, 2.24) is 15.5 Å². The average Bonchev–Trinajstić information content (AvgIpc) is 3.21. The van der Waals surface area contributed by atoms with Gasteiger partial charge in [0.2, 0.25) is 27.6 Å². The summed E-state index contributed by atoms with van der Waals surface area (Å²) in [4.78, 5) is 16.7. The van der Waals surface area contributed by atoms with E-state index in [9.17, 15) is 13.2 Å². The van der Waals surface area contributed by atoms with E-state index in [-0.39, 0.29) is 23.3 Å². The van der Waals surface area contributed by atoms with Gasteiger partial charge in [-0.2, -0.15) is 4.98 Å². The predicted molar refractivity (Wildman–Crippen MR) is 117 cm³/mol. The fourth-order valence-electron chi connectivity index (χ4n) is 3.05. The predicted octanol–water partition coefficient (Wildman–Crippen LogP) is 3.32. The first-order valence-corrected chi connectivity index (χ1v) is 11.5. The second-order valence-electron chi connectivity index (χ2n) is 7.69. The largest absolute Gasteiger partial charge is 0.350 e. The molecule has 1 heterocycles. The van der Waals surface area contributed by atoms with E-state index in [1.165, 1.54) is 17.7 Å². The summed E-state index contributed by atoms with van der Waals surface area (Å²) in [6, 6.07) is 13.8. The van der Waals surface area contributed by atoms with Crippen LogP contribution in [-0.2, 0) is 21.2 Å². The number of benzene rings is 2. The molecule has 0 aliphatic rings. The zero-order valence-corrected chi connectivity index (χ0v) is 18.5. The van der Waals surface area contributed by atoms with Gasteiger partial charge in [0.15, 0.2) is 0 Å². The van der Waals surface area contributed by atoms with Crippen molar-refractivity contribution in [3.63, 3.8) is 0 Å². The van der Waals surface area contributed by atoms with Gasteiger partial charge in [-0.15, -0.1) is 0 Å². The summed E-state index contributed by atoms with van der Waals surface area (Å²) in [5.74, 6) is 1.16. The molecule has 3 rings (SSSR count). The maximum atomic E-state index is 12.3. The summed E-state index contributed by atoms with van der Waals surface area (Å²) in [7, 11) is -3.74. The molecular formula is C22H26N4O4S. The lowest BCUT2D eigenvalue weighted by Gasteiger charge is -2.14. The van der Waals surface area contributed by atoms with Crippen molar-refractivity contribution in [3.05, 3.63) is 65.5 Å². The second-order valence-corrected chi connectivity index (χ2v) is 9.25. The van der Waals surface area contributed by atoms with Crippen LogP contribution in [0.15, 0.2) is 57.9 Å². The number of amides is 1. The molecule has 8 nitrogen and oxygen atoms in total. The van der Waals surface area contributed by atoms with Gasteiger partial charge in [-0.25, -0.2) is 13.6 Å². The molecule has 0 aliphatic carbocycles. The number of hydrogen-bond donors (Lipinski definition) is 2. The Morgan fingerprint density at radius 1 is 1.03 bits per heavy atom. The lowest BCUT2D eigenvalue weighted by atomic mass is 10.0. The standard InChI is InChI=1S/C22H26N4O4S/c1-14(2)16-4-6-18(7-5-16)22-25-21(30-26-22)13-12-20(27)24-15(3)17-8-10-19(11-9-17)31(23,28)29/h4-11,14-15H,12-13H2,1-3H3,(H,24,27)(H2,23,28,29)/t15-/m0/s1. The van der Waals surface area contributed by atoms with Crippen molar-refractivity contribution in [1.29, 1.82) is 0 Å². The quantitative estimate of drug-likeness (QED) is 0.551. The summed E-state index contributed by atoms with van der Waals surface area (Å²) in [5, 5.41) is 12.0. The van der Waals surface area contributed by atoms with E-state index >= 15 is 0 Å². The number of hydrogen-bond acceptors (Lipinski definition) is 6. The number of nitrogens with zero attached hydrogens (tertiary/aromatic N) is 2. The van der Waals surface area contributed by atoms with Crippen LogP contribution in [0.2, 0.25) is 0 Å². The highest BCUT2D eigenvalue weighted by Crippen LogP contribution is 2.21. The van der Waals surface area contributed by atoms with E-state index in [4.69, 9.17) is 9.66 Å². The molecule has 31 heavy (non-hydrogen) atoms. The minimum Gasteiger partial charge on any atom is -0.350 e. The molecule has 0 bridgehead atoms. The highest BCUT2D eigenvalue weighted by molar-refractivity contribution is 7.89. The first kappa shape index (κ1) is 22.6. The number of aryl methyl sites for hydroxylation is 1. The molecule has 0 spiro atoms. The summed E-state index contributed by atoms with van der Waals surface area (Å²) >= 11 is 0. The van der Waals surface area contributed by atoms with Gasteiger partial charge in [0, 0.05) is 18.4 Å². The van der Waals surface area contributed by atoms with Gasteiger partial charge >= 0.3 is 0 Å². The molecule has 0 unspecified atom stereocenters. The van der Waals surface area contributed by atoms with Gasteiger partial charge in [-0.3, -0.25) is 4.79 Å². The smallest absolute Gasteiger partial charge is 0.238 e. The SMILES string of the molecule is CC(C)c1ccc(-c2noc(CCC(=O)N[C@@H](C)c3ccc(S(N)(=O)=O)cc3)n2)cc1. The third kappa shape index (κ3) is 5.99. The van der Waals surface area contributed by atoms with Gasteiger partial charge in [0.05, 0.1) is 10.9 Å². The number of primary sulfonamides is 1. The Kier molecular flexibility index (Phi) is 6.87. The van der Waals surface area contributed by atoms with E-state index in [0.717, 1.165) is 11.1 Å². The van der Waals surface area contributed by atoms with Gasteiger partial charge in [0.25, 0.3) is 0 Å². The van der Waals surface area contributed by atoms with Crippen molar-refractivity contribution < 1.29 is 17.7 Å². The Hall–Kier alpha value is -3.04. The van der Waals surface area contributed by atoms with Crippen LogP contribution in [0.25, 0.3) is 11.4 Å². The number of aromatic nitrogens is 2. The third-order valence-corrected chi connectivity index (χ3v) is 5.88. The van der Waals surface area contributed by atoms with Crippen molar-refractivity contribution in [3.8, 4) is 11.4 Å². The van der Waals surface area contributed by atoms with E-state index < -0.39 is 10.0 Å². The molecule has 0 radical (unpaired) electrons. The van der Waals surface area contributed by atoms with Crippen LogP contribution >= 0.6 is 0 Å². The van der Waals surface area contributed by atoms with Gasteiger partial charge in [-0.1, -0.05) is 55.4 Å². The van der Waals surface area contributed by atoms with Crippen LogP contribution in [0, 0.1) is 0 Å². The van der Waals surface area contributed by atoms with Crippen LogP contribution in [0.4, 0.5) is 0 Å². The van der Waals surface area contributed by atoms with Crippen molar-refractivity contribution in [2.75, 3.05) is 0 Å². The fourth-order valence-corrected chi connectivity index (χ4v) is 3.57. The maximum absolute atomic E-state index is 12.3. The molecule has 0 aliphatic heterocycles. The van der Waals surface area contributed by atoms with E-state index in [0.29, 0.717) is 24.1 Å². The molecule has 0 fully saturated rings. The highest BCUT2D eigenvalue weighted by Gasteiger charge is 2.14. The normalized spacial score (nSPS) is 12.7. The summed E-state index contributed by atoms with van der Waals surface area (Å²) in [5.41, 5.74) is 2.86. The Morgan fingerprint density at radius 2 is 1.65 bits per heavy atom. The zero-order chi connectivity index (χ0) is 22.6. The molecular weight excluding hydrogens is 416 g/mol. The number of carbonyl (C=O) groups excluding carboxylic acids is 1. The molecule has 164 valence electrons. The molecule has 0 saturated carbocycles.